The molecule has 0 amide bonds. The Morgan fingerprint density at radius 3 is 2.60 bits per heavy atom. The molecule has 4 aromatic rings. The van der Waals surface area contributed by atoms with Gasteiger partial charge in [-0.25, -0.2) is 9.50 Å². The van der Waals surface area contributed by atoms with Gasteiger partial charge in [0.15, 0.2) is 11.5 Å². The predicted molar refractivity (Wildman–Crippen MR) is 95.5 cm³/mol. The van der Waals surface area contributed by atoms with Crippen LogP contribution in [0.2, 0.25) is 0 Å². The first-order chi connectivity index (χ1) is 12.2. The summed E-state index contributed by atoms with van der Waals surface area (Å²) in [5.41, 5.74) is 10.9. The van der Waals surface area contributed by atoms with Crippen molar-refractivity contribution >= 4 is 11.3 Å². The molecule has 0 bridgehead atoms. The molecule has 0 aliphatic rings. The van der Waals surface area contributed by atoms with Crippen LogP contribution in [0.3, 0.4) is 0 Å². The Hall–Kier alpha value is -3.72. The van der Waals surface area contributed by atoms with Gasteiger partial charge in [0.05, 0.1) is 0 Å². The number of aromatic nitrogens is 4. The first kappa shape index (κ1) is 14.8. The van der Waals surface area contributed by atoms with Gasteiger partial charge in [-0.1, -0.05) is 6.07 Å². The molecular formula is C19H14N6. The Balaban J connectivity index is 1.97. The number of hydrogen-bond acceptors (Lipinski definition) is 5. The molecule has 0 saturated carbocycles. The minimum atomic E-state index is 0.479. The topological polar surface area (TPSA) is 92.9 Å². The van der Waals surface area contributed by atoms with E-state index in [2.05, 4.69) is 21.1 Å². The van der Waals surface area contributed by atoms with Gasteiger partial charge in [-0.05, 0) is 43.3 Å². The molecule has 0 unspecified atom stereocenters. The summed E-state index contributed by atoms with van der Waals surface area (Å²) in [6, 6.07) is 15.3. The van der Waals surface area contributed by atoms with Gasteiger partial charge in [-0.15, -0.1) is 5.10 Å². The number of benzene rings is 1. The molecule has 3 heterocycles. The summed E-state index contributed by atoms with van der Waals surface area (Å²) in [4.78, 5) is 8.74. The van der Waals surface area contributed by atoms with Crippen LogP contribution in [0.15, 0.2) is 54.9 Å². The van der Waals surface area contributed by atoms with Crippen molar-refractivity contribution in [3.63, 3.8) is 0 Å². The lowest BCUT2D eigenvalue weighted by Crippen LogP contribution is -1.99. The Bertz CT molecular complexity index is 1100. The Morgan fingerprint density at radius 1 is 1.12 bits per heavy atom. The predicted octanol–water partition coefficient (Wildman–Crippen LogP) is 3.22. The van der Waals surface area contributed by atoms with Crippen molar-refractivity contribution in [1.29, 1.82) is 5.26 Å². The smallest absolute Gasteiger partial charge is 0.182 e. The summed E-state index contributed by atoms with van der Waals surface area (Å²) in [5, 5.41) is 14.3. The molecule has 120 valence electrons. The van der Waals surface area contributed by atoms with Crippen molar-refractivity contribution in [2.24, 2.45) is 0 Å². The lowest BCUT2D eigenvalue weighted by Gasteiger charge is -2.07. The quantitative estimate of drug-likeness (QED) is 0.571. The molecule has 3 aromatic heterocycles. The number of rotatable bonds is 2. The molecule has 0 aliphatic carbocycles. The second kappa shape index (κ2) is 5.73. The van der Waals surface area contributed by atoms with E-state index in [4.69, 9.17) is 5.73 Å². The highest BCUT2D eigenvalue weighted by Gasteiger charge is 2.17. The maximum Gasteiger partial charge on any atom is 0.182 e. The van der Waals surface area contributed by atoms with Gasteiger partial charge in [-0.2, -0.15) is 5.26 Å². The van der Waals surface area contributed by atoms with E-state index in [0.29, 0.717) is 22.7 Å². The van der Waals surface area contributed by atoms with Gasteiger partial charge >= 0.3 is 0 Å². The summed E-state index contributed by atoms with van der Waals surface area (Å²) < 4.78 is 1.70. The fraction of sp³-hybridized carbons (Fsp3) is 0.0526. The van der Waals surface area contributed by atoms with Gasteiger partial charge in [0.25, 0.3) is 0 Å². The van der Waals surface area contributed by atoms with Gasteiger partial charge < -0.3 is 5.73 Å². The highest BCUT2D eigenvalue weighted by atomic mass is 15.3. The van der Waals surface area contributed by atoms with Crippen molar-refractivity contribution in [3.8, 4) is 28.6 Å². The molecule has 6 heteroatoms. The molecule has 1 aromatic carbocycles. The lowest BCUT2D eigenvalue weighted by molar-refractivity contribution is 0.917. The van der Waals surface area contributed by atoms with Gasteiger partial charge in [0.1, 0.15) is 11.6 Å². The van der Waals surface area contributed by atoms with Crippen molar-refractivity contribution in [3.05, 3.63) is 66.1 Å². The van der Waals surface area contributed by atoms with E-state index in [-0.39, 0.29) is 0 Å². The fourth-order valence-electron chi connectivity index (χ4n) is 2.80. The van der Waals surface area contributed by atoms with Crippen LogP contribution < -0.4 is 5.73 Å². The molecule has 2 N–H and O–H groups in total. The minimum absolute atomic E-state index is 0.479. The molecule has 6 nitrogen and oxygen atoms in total. The van der Waals surface area contributed by atoms with Crippen molar-refractivity contribution in [2.75, 3.05) is 5.73 Å². The maximum atomic E-state index is 9.72. The van der Waals surface area contributed by atoms with E-state index in [9.17, 15) is 5.26 Å². The zero-order valence-corrected chi connectivity index (χ0v) is 13.5. The standard InChI is InChI=1S/C19H14N6/c1-12-9-16(14-3-2-8-22-11-14)17(10-20)19-23-18(24-25(12)19)13-4-6-15(21)7-5-13/h2-9,11H,21H2,1H3. The molecule has 0 spiro atoms. The number of nitriles is 1. The van der Waals surface area contributed by atoms with Gasteiger partial charge in [0, 0.05) is 40.5 Å². The summed E-state index contributed by atoms with van der Waals surface area (Å²) in [6.07, 6.45) is 3.45. The molecule has 25 heavy (non-hydrogen) atoms. The zero-order valence-electron chi connectivity index (χ0n) is 13.5. The number of nitrogens with two attached hydrogens (primary N) is 1. The van der Waals surface area contributed by atoms with Gasteiger partial charge in [0.2, 0.25) is 0 Å². The van der Waals surface area contributed by atoms with Crippen LogP contribution in [0.4, 0.5) is 5.69 Å². The van der Waals surface area contributed by atoms with Crippen LogP contribution in [0.25, 0.3) is 28.2 Å². The summed E-state index contributed by atoms with van der Waals surface area (Å²) >= 11 is 0. The number of hydrogen-bond donors (Lipinski definition) is 1. The zero-order chi connectivity index (χ0) is 17.4. The molecular weight excluding hydrogens is 312 g/mol. The molecule has 0 radical (unpaired) electrons. The normalized spacial score (nSPS) is 10.7. The van der Waals surface area contributed by atoms with E-state index < -0.39 is 0 Å². The first-order valence-electron chi connectivity index (χ1n) is 7.74. The summed E-state index contributed by atoms with van der Waals surface area (Å²) in [7, 11) is 0. The third-order valence-electron chi connectivity index (χ3n) is 4.04. The van der Waals surface area contributed by atoms with Crippen LogP contribution in [0.1, 0.15) is 11.3 Å². The van der Waals surface area contributed by atoms with Crippen molar-refractivity contribution in [2.45, 2.75) is 6.92 Å². The first-order valence-corrected chi connectivity index (χ1v) is 7.74. The van der Waals surface area contributed by atoms with E-state index in [1.165, 1.54) is 0 Å². The molecule has 0 aliphatic heterocycles. The van der Waals surface area contributed by atoms with E-state index in [0.717, 1.165) is 22.4 Å². The Morgan fingerprint density at radius 2 is 1.92 bits per heavy atom. The molecule has 0 atom stereocenters. The molecule has 0 saturated heterocycles. The summed E-state index contributed by atoms with van der Waals surface area (Å²) in [6.45, 7) is 1.94. The Kier molecular flexibility index (Phi) is 3.40. The average Bonchev–Trinajstić information content (AvgIpc) is 3.09. The van der Waals surface area contributed by atoms with E-state index in [1.807, 2.05) is 37.3 Å². The van der Waals surface area contributed by atoms with Crippen molar-refractivity contribution < 1.29 is 0 Å². The van der Waals surface area contributed by atoms with E-state index in [1.54, 1.807) is 29.0 Å². The minimum Gasteiger partial charge on any atom is -0.399 e. The number of aryl methyl sites for hydroxylation is 1. The second-order valence-corrected chi connectivity index (χ2v) is 5.72. The van der Waals surface area contributed by atoms with Crippen LogP contribution in [-0.4, -0.2) is 19.6 Å². The van der Waals surface area contributed by atoms with Crippen LogP contribution in [0.5, 0.6) is 0 Å². The van der Waals surface area contributed by atoms with Crippen LogP contribution >= 0.6 is 0 Å². The summed E-state index contributed by atoms with van der Waals surface area (Å²) in [5.74, 6) is 0.558. The monoisotopic (exact) mass is 326 g/mol. The molecule has 4 rings (SSSR count). The SMILES string of the molecule is Cc1cc(-c2cccnc2)c(C#N)c2nc(-c3ccc(N)cc3)nn12. The van der Waals surface area contributed by atoms with Crippen LogP contribution in [-0.2, 0) is 0 Å². The number of nitrogen functional groups attached to an aromatic ring is 1. The molecule has 0 fully saturated rings. The highest BCUT2D eigenvalue weighted by molar-refractivity contribution is 5.78. The largest absolute Gasteiger partial charge is 0.399 e. The lowest BCUT2D eigenvalue weighted by atomic mass is 10.0. The Labute approximate surface area is 144 Å². The number of anilines is 1. The number of fused-ring (bicyclic) bond motifs is 1. The number of nitrogens with zero attached hydrogens (tertiary/aromatic N) is 5. The maximum absolute atomic E-state index is 9.72. The average molecular weight is 326 g/mol. The van der Waals surface area contributed by atoms with E-state index >= 15 is 0 Å². The fourth-order valence-corrected chi connectivity index (χ4v) is 2.80. The number of pyridine rings is 2. The third-order valence-corrected chi connectivity index (χ3v) is 4.04. The second-order valence-electron chi connectivity index (χ2n) is 5.72. The third kappa shape index (κ3) is 2.48. The van der Waals surface area contributed by atoms with Crippen molar-refractivity contribution in [1.82, 2.24) is 19.6 Å². The van der Waals surface area contributed by atoms with Gasteiger partial charge in [-0.3, -0.25) is 4.98 Å². The highest BCUT2D eigenvalue weighted by Crippen LogP contribution is 2.28. The van der Waals surface area contributed by atoms with Crippen LogP contribution in [0, 0.1) is 18.3 Å².